The van der Waals surface area contributed by atoms with Gasteiger partial charge in [0.15, 0.2) is 11.5 Å². The molecule has 2 bridgehead atoms. The van der Waals surface area contributed by atoms with Gasteiger partial charge in [0.25, 0.3) is 0 Å². The number of piperidine rings is 3. The summed E-state index contributed by atoms with van der Waals surface area (Å²) in [6.45, 7) is 3.02. The van der Waals surface area contributed by atoms with E-state index in [1.807, 2.05) is 54.6 Å². The van der Waals surface area contributed by atoms with E-state index < -0.39 is 17.9 Å². The van der Waals surface area contributed by atoms with Crippen molar-refractivity contribution >= 4 is 46.5 Å². The number of pyridine rings is 1. The minimum Gasteiger partial charge on any atom is -0.544 e. The second-order valence-electron chi connectivity index (χ2n) is 14.1. The molecule has 280 valence electrons. The standard InChI is InChI=1S/C40H43Cl2N3O7S/c1-50-34-12-11-26(17-35(34)51-27-9-5-6-10-27)29(19-31-32(41)21-45(49)22-33(31)42)30-18-28(53-38(30)39(46)47)20-43-37(25-7-3-2-4-8-25)40(48)52-36-23-44-15-13-24(36)14-16-44/h2-4,7-8,11-12,17-18,21-22,24,27,29,36-37,43H,5-6,9-10,13-16,19-20,23H2,1H3,(H-,46,47,49)/t29?,36-,37?/m0/s1. The zero-order valence-electron chi connectivity index (χ0n) is 29.5. The average molecular weight is 781 g/mol. The number of carboxylic acid groups (broad SMARTS) is 1. The summed E-state index contributed by atoms with van der Waals surface area (Å²) < 4.78 is 19.0. The molecule has 4 aromatic rings. The molecule has 3 atom stereocenters. The lowest BCUT2D eigenvalue weighted by Gasteiger charge is -2.44. The van der Waals surface area contributed by atoms with E-state index in [1.54, 1.807) is 7.11 Å². The maximum absolute atomic E-state index is 13.8. The Balaban J connectivity index is 1.21. The number of hydrogen-bond acceptors (Lipinski definition) is 10. The zero-order valence-corrected chi connectivity index (χ0v) is 31.8. The summed E-state index contributed by atoms with van der Waals surface area (Å²) in [7, 11) is 1.59. The molecule has 5 heterocycles. The number of hydrogen-bond donors (Lipinski definition) is 2. The van der Waals surface area contributed by atoms with Crippen LogP contribution < -0.4 is 24.6 Å². The Morgan fingerprint density at radius 2 is 1.72 bits per heavy atom. The van der Waals surface area contributed by atoms with Gasteiger partial charge in [0, 0.05) is 34.2 Å². The van der Waals surface area contributed by atoms with Crippen molar-refractivity contribution in [3.05, 3.63) is 109 Å². The highest BCUT2D eigenvalue weighted by Gasteiger charge is 2.38. The highest BCUT2D eigenvalue weighted by atomic mass is 35.5. The van der Waals surface area contributed by atoms with Crippen LogP contribution in [0.4, 0.5) is 0 Å². The van der Waals surface area contributed by atoms with Gasteiger partial charge in [-0.2, -0.15) is 0 Å². The number of aromatic nitrogens is 1. The van der Waals surface area contributed by atoms with Crippen LogP contribution in [0.2, 0.25) is 10.0 Å². The molecular formula is C40H43Cl2N3O7S. The molecular weight excluding hydrogens is 737 g/mol. The van der Waals surface area contributed by atoms with E-state index in [2.05, 4.69) is 10.2 Å². The Hall–Kier alpha value is -3.87. The molecule has 53 heavy (non-hydrogen) atoms. The summed E-state index contributed by atoms with van der Waals surface area (Å²) in [5, 5.41) is 26.7. The number of carbonyl (C=O) groups excluding carboxylic acids is 2. The highest BCUT2D eigenvalue weighted by molar-refractivity contribution is 7.14. The van der Waals surface area contributed by atoms with Crippen molar-refractivity contribution in [2.24, 2.45) is 5.92 Å². The van der Waals surface area contributed by atoms with Crippen LogP contribution in [0.1, 0.15) is 87.3 Å². The third-order valence-corrected chi connectivity index (χ3v) is 12.5. The first-order chi connectivity index (χ1) is 25.7. The van der Waals surface area contributed by atoms with Crippen LogP contribution in [0, 0.1) is 5.92 Å². The Bertz CT molecular complexity index is 1910. The molecule has 0 amide bonds. The van der Waals surface area contributed by atoms with E-state index in [9.17, 15) is 19.9 Å². The number of halogens is 2. The number of aromatic carboxylic acids is 1. The van der Waals surface area contributed by atoms with E-state index in [0.29, 0.717) is 33.4 Å². The second kappa shape index (κ2) is 16.7. The van der Waals surface area contributed by atoms with Crippen LogP contribution in [0.15, 0.2) is 67.0 Å². The van der Waals surface area contributed by atoms with Crippen LogP contribution in [0.5, 0.6) is 11.5 Å². The maximum atomic E-state index is 13.8. The molecule has 8 rings (SSSR count). The number of esters is 1. The number of rotatable bonds is 14. The lowest BCUT2D eigenvalue weighted by molar-refractivity contribution is -0.904. The summed E-state index contributed by atoms with van der Waals surface area (Å²) in [5.41, 5.74) is 2.56. The minimum atomic E-state index is -1.32. The fourth-order valence-electron chi connectivity index (χ4n) is 7.94. The summed E-state index contributed by atoms with van der Waals surface area (Å²) in [6.07, 6.45) is 8.90. The summed E-state index contributed by atoms with van der Waals surface area (Å²) in [5.74, 6) is -0.743. The summed E-state index contributed by atoms with van der Waals surface area (Å²) >= 11 is 14.3. The molecule has 0 spiro atoms. The largest absolute Gasteiger partial charge is 0.544 e. The topological polar surface area (TPSA) is 124 Å². The van der Waals surface area contributed by atoms with Crippen molar-refractivity contribution in [2.75, 3.05) is 26.7 Å². The van der Waals surface area contributed by atoms with Crippen molar-refractivity contribution in [3.63, 3.8) is 0 Å². The lowest BCUT2D eigenvalue weighted by Crippen LogP contribution is -2.52. The molecule has 13 heteroatoms. The number of ether oxygens (including phenoxy) is 3. The molecule has 4 aliphatic rings. The van der Waals surface area contributed by atoms with Gasteiger partial charge in [0.05, 0.1) is 24.1 Å². The molecule has 0 radical (unpaired) electrons. The quantitative estimate of drug-likeness (QED) is 0.0886. The first kappa shape index (κ1) is 37.4. The SMILES string of the molecule is COc1ccc(C(Cc2c(Cl)c[n+](O)cc2Cl)c2cc(CNC(C(=O)O[C@H]3CN4CCC3CC4)c3ccccc3)sc2C(=O)[O-])cc1OC1CCCC1. The van der Waals surface area contributed by atoms with Crippen LogP contribution in [0.25, 0.3) is 0 Å². The molecule has 2 N–H and O–H groups in total. The molecule has 3 aliphatic heterocycles. The zero-order chi connectivity index (χ0) is 37.1. The van der Waals surface area contributed by atoms with E-state index in [-0.39, 0.29) is 46.1 Å². The minimum absolute atomic E-state index is 0.0485. The molecule has 1 saturated carbocycles. The predicted octanol–water partition coefficient (Wildman–Crippen LogP) is 6.12. The van der Waals surface area contributed by atoms with Crippen molar-refractivity contribution in [3.8, 4) is 11.5 Å². The molecule has 2 aromatic heterocycles. The second-order valence-corrected chi connectivity index (χ2v) is 16.1. The third-order valence-electron chi connectivity index (χ3n) is 10.7. The first-order valence-electron chi connectivity index (χ1n) is 18.1. The van der Waals surface area contributed by atoms with Gasteiger partial charge >= 0.3 is 5.97 Å². The number of methoxy groups -OCH3 is 1. The van der Waals surface area contributed by atoms with E-state index in [4.69, 9.17) is 37.4 Å². The van der Waals surface area contributed by atoms with E-state index >= 15 is 0 Å². The Morgan fingerprint density at radius 3 is 2.36 bits per heavy atom. The van der Waals surface area contributed by atoms with Crippen LogP contribution in [0.3, 0.4) is 0 Å². The molecule has 1 aliphatic carbocycles. The van der Waals surface area contributed by atoms with E-state index in [0.717, 1.165) is 85.4 Å². The summed E-state index contributed by atoms with van der Waals surface area (Å²) in [4.78, 5) is 29.7. The van der Waals surface area contributed by atoms with Crippen molar-refractivity contribution < 1.29 is 38.8 Å². The maximum Gasteiger partial charge on any atom is 0.328 e. The van der Waals surface area contributed by atoms with Crippen LogP contribution >= 0.6 is 34.5 Å². The van der Waals surface area contributed by atoms with Gasteiger partial charge in [-0.15, -0.1) is 11.3 Å². The van der Waals surface area contributed by atoms with Gasteiger partial charge in [0.1, 0.15) is 22.2 Å². The summed E-state index contributed by atoms with van der Waals surface area (Å²) in [6, 6.07) is 16.1. The number of nitrogens with one attached hydrogen (secondary N) is 1. The molecule has 2 unspecified atom stereocenters. The van der Waals surface area contributed by atoms with Gasteiger partial charge in [-0.3, -0.25) is 15.4 Å². The number of thiophene rings is 1. The Kier molecular flexibility index (Phi) is 11.8. The third kappa shape index (κ3) is 8.60. The Morgan fingerprint density at radius 1 is 1.00 bits per heavy atom. The van der Waals surface area contributed by atoms with Crippen LogP contribution in [-0.2, 0) is 22.5 Å². The predicted molar refractivity (Wildman–Crippen MR) is 199 cm³/mol. The highest BCUT2D eigenvalue weighted by Crippen LogP contribution is 2.42. The number of carboxylic acids is 1. The number of carbonyl (C=O) groups is 2. The normalized spacial score (nSPS) is 20.9. The van der Waals surface area contributed by atoms with E-state index in [1.165, 1.54) is 12.4 Å². The van der Waals surface area contributed by atoms with Crippen LogP contribution in [-0.4, -0.2) is 61.0 Å². The fraction of sp³-hybridized carbons (Fsp3) is 0.425. The molecule has 4 fully saturated rings. The van der Waals surface area contributed by atoms with Crippen molar-refractivity contribution in [1.29, 1.82) is 0 Å². The number of fused-ring (bicyclic) bond motifs is 3. The molecule has 3 saturated heterocycles. The fourth-order valence-corrected chi connectivity index (χ4v) is 9.56. The molecule has 2 aromatic carbocycles. The first-order valence-corrected chi connectivity index (χ1v) is 19.7. The van der Waals surface area contributed by atoms with Crippen molar-refractivity contribution in [2.45, 2.75) is 75.7 Å². The lowest BCUT2D eigenvalue weighted by atomic mass is 9.85. The van der Waals surface area contributed by atoms with Crippen molar-refractivity contribution in [1.82, 2.24) is 10.2 Å². The Labute approximate surface area is 323 Å². The number of nitrogens with zero attached hydrogens (tertiary/aromatic N) is 2. The smallest absolute Gasteiger partial charge is 0.328 e. The average Bonchev–Trinajstić information content (AvgIpc) is 3.83. The van der Waals surface area contributed by atoms with Gasteiger partial charge in [-0.05, 0) is 98.8 Å². The monoisotopic (exact) mass is 779 g/mol. The number of benzene rings is 2. The van der Waals surface area contributed by atoms with Gasteiger partial charge in [0.2, 0.25) is 12.4 Å². The molecule has 10 nitrogen and oxygen atoms in total. The van der Waals surface area contributed by atoms with Gasteiger partial charge < -0.3 is 24.1 Å². The van der Waals surface area contributed by atoms with Gasteiger partial charge in [-0.1, -0.05) is 59.6 Å². The van der Waals surface area contributed by atoms with Gasteiger partial charge in [-0.25, -0.2) is 4.79 Å².